The SMILES string of the molecule is Cc1ccc(CC(=O)c2cccc(N)c2)cc1C. The molecule has 0 heterocycles. The fourth-order valence-electron chi connectivity index (χ4n) is 1.91. The molecule has 2 rings (SSSR count). The zero-order valence-electron chi connectivity index (χ0n) is 10.7. The maximum absolute atomic E-state index is 12.1. The predicted octanol–water partition coefficient (Wildman–Crippen LogP) is 3.31. The highest BCUT2D eigenvalue weighted by molar-refractivity contribution is 5.98. The van der Waals surface area contributed by atoms with Gasteiger partial charge in [-0.1, -0.05) is 30.3 Å². The van der Waals surface area contributed by atoms with Gasteiger partial charge in [0.25, 0.3) is 0 Å². The van der Waals surface area contributed by atoms with Gasteiger partial charge in [-0.3, -0.25) is 4.79 Å². The fourth-order valence-corrected chi connectivity index (χ4v) is 1.91. The second kappa shape index (κ2) is 5.05. The lowest BCUT2D eigenvalue weighted by Crippen LogP contribution is -2.04. The number of ketones is 1. The molecule has 2 nitrogen and oxygen atoms in total. The summed E-state index contributed by atoms with van der Waals surface area (Å²) in [6.45, 7) is 4.13. The third-order valence-electron chi connectivity index (χ3n) is 3.14. The quantitative estimate of drug-likeness (QED) is 0.659. The number of benzene rings is 2. The fraction of sp³-hybridized carbons (Fsp3) is 0.188. The van der Waals surface area contributed by atoms with Crippen LogP contribution in [0, 0.1) is 13.8 Å². The number of nitrogen functional groups attached to an aromatic ring is 1. The van der Waals surface area contributed by atoms with Crippen LogP contribution < -0.4 is 5.73 Å². The minimum atomic E-state index is 0.102. The Morgan fingerprint density at radius 1 is 1.06 bits per heavy atom. The summed E-state index contributed by atoms with van der Waals surface area (Å²) in [6.07, 6.45) is 0.421. The van der Waals surface area contributed by atoms with Crippen molar-refractivity contribution in [3.05, 3.63) is 64.7 Å². The highest BCUT2D eigenvalue weighted by Crippen LogP contribution is 2.14. The number of Topliss-reactive ketones (excluding diaryl/α,β-unsaturated/α-hetero) is 1. The largest absolute Gasteiger partial charge is 0.399 e. The molecule has 0 atom stereocenters. The van der Waals surface area contributed by atoms with Crippen molar-refractivity contribution < 1.29 is 4.79 Å². The van der Waals surface area contributed by atoms with Crippen molar-refractivity contribution >= 4 is 11.5 Å². The molecule has 0 amide bonds. The summed E-state index contributed by atoms with van der Waals surface area (Å²) in [4.78, 5) is 12.1. The molecule has 2 aromatic carbocycles. The van der Waals surface area contributed by atoms with E-state index >= 15 is 0 Å². The van der Waals surface area contributed by atoms with Gasteiger partial charge in [0.05, 0.1) is 0 Å². The highest BCUT2D eigenvalue weighted by Gasteiger charge is 2.07. The molecule has 0 unspecified atom stereocenters. The first-order valence-corrected chi connectivity index (χ1v) is 6.01. The lowest BCUT2D eigenvalue weighted by Gasteiger charge is -2.05. The third kappa shape index (κ3) is 2.77. The van der Waals surface area contributed by atoms with Gasteiger partial charge in [0, 0.05) is 17.7 Å². The molecule has 2 heteroatoms. The van der Waals surface area contributed by atoms with Crippen molar-refractivity contribution in [3.63, 3.8) is 0 Å². The number of anilines is 1. The van der Waals surface area contributed by atoms with Crippen LogP contribution in [0.15, 0.2) is 42.5 Å². The lowest BCUT2D eigenvalue weighted by molar-refractivity contribution is 0.0993. The molecule has 2 aromatic rings. The van der Waals surface area contributed by atoms with Gasteiger partial charge in [-0.2, -0.15) is 0 Å². The van der Waals surface area contributed by atoms with Gasteiger partial charge >= 0.3 is 0 Å². The zero-order chi connectivity index (χ0) is 13.1. The molecule has 0 aliphatic carbocycles. The van der Waals surface area contributed by atoms with Crippen LogP contribution in [-0.2, 0) is 6.42 Å². The number of nitrogens with two attached hydrogens (primary N) is 1. The number of rotatable bonds is 3. The maximum Gasteiger partial charge on any atom is 0.167 e. The Morgan fingerprint density at radius 3 is 2.50 bits per heavy atom. The van der Waals surface area contributed by atoms with Crippen LogP contribution in [0.4, 0.5) is 5.69 Å². The van der Waals surface area contributed by atoms with E-state index in [4.69, 9.17) is 5.73 Å². The van der Waals surface area contributed by atoms with Gasteiger partial charge in [0.15, 0.2) is 5.78 Å². The molecular formula is C16H17NO. The second-order valence-corrected chi connectivity index (χ2v) is 4.64. The average molecular weight is 239 g/mol. The molecule has 0 bridgehead atoms. The summed E-state index contributed by atoms with van der Waals surface area (Å²) in [5, 5.41) is 0. The Kier molecular flexibility index (Phi) is 3.47. The molecule has 0 aromatic heterocycles. The van der Waals surface area contributed by atoms with E-state index in [1.165, 1.54) is 11.1 Å². The van der Waals surface area contributed by atoms with Gasteiger partial charge in [-0.15, -0.1) is 0 Å². The third-order valence-corrected chi connectivity index (χ3v) is 3.14. The van der Waals surface area contributed by atoms with Crippen LogP contribution in [0.25, 0.3) is 0 Å². The van der Waals surface area contributed by atoms with Crippen molar-refractivity contribution in [3.8, 4) is 0 Å². The van der Waals surface area contributed by atoms with Crippen molar-refractivity contribution in [2.24, 2.45) is 0 Å². The van der Waals surface area contributed by atoms with Crippen LogP contribution in [-0.4, -0.2) is 5.78 Å². The number of hydrogen-bond acceptors (Lipinski definition) is 2. The monoisotopic (exact) mass is 239 g/mol. The summed E-state index contributed by atoms with van der Waals surface area (Å²) in [5.74, 6) is 0.102. The van der Waals surface area contributed by atoms with Gasteiger partial charge < -0.3 is 5.73 Å². The minimum Gasteiger partial charge on any atom is -0.399 e. The molecule has 92 valence electrons. The number of carbonyl (C=O) groups is 1. The standard InChI is InChI=1S/C16H17NO/c1-11-6-7-13(8-12(11)2)9-16(18)14-4-3-5-15(17)10-14/h3-8,10H,9,17H2,1-2H3. The normalized spacial score (nSPS) is 10.3. The van der Waals surface area contributed by atoms with Crippen molar-refractivity contribution in [2.45, 2.75) is 20.3 Å². The Hall–Kier alpha value is -2.09. The van der Waals surface area contributed by atoms with Crippen LogP contribution in [0.2, 0.25) is 0 Å². The van der Waals surface area contributed by atoms with Crippen molar-refractivity contribution in [1.29, 1.82) is 0 Å². The van der Waals surface area contributed by atoms with E-state index in [1.807, 2.05) is 12.1 Å². The Bertz CT molecular complexity index is 587. The smallest absolute Gasteiger partial charge is 0.167 e. The van der Waals surface area contributed by atoms with E-state index in [2.05, 4.69) is 26.0 Å². The summed E-state index contributed by atoms with van der Waals surface area (Å²) in [7, 11) is 0. The van der Waals surface area contributed by atoms with Crippen LogP contribution in [0.5, 0.6) is 0 Å². The van der Waals surface area contributed by atoms with E-state index in [0.29, 0.717) is 17.7 Å². The van der Waals surface area contributed by atoms with Crippen LogP contribution >= 0.6 is 0 Å². The van der Waals surface area contributed by atoms with Crippen LogP contribution in [0.3, 0.4) is 0 Å². The first kappa shape index (κ1) is 12.4. The molecule has 0 saturated heterocycles. The van der Waals surface area contributed by atoms with E-state index in [1.54, 1.807) is 18.2 Å². The minimum absolute atomic E-state index is 0.102. The average Bonchev–Trinajstić information content (AvgIpc) is 2.34. The molecule has 0 radical (unpaired) electrons. The van der Waals surface area contributed by atoms with Gasteiger partial charge in [-0.25, -0.2) is 0 Å². The Morgan fingerprint density at radius 2 is 1.83 bits per heavy atom. The first-order valence-electron chi connectivity index (χ1n) is 6.01. The molecule has 0 aliphatic rings. The van der Waals surface area contributed by atoms with Crippen molar-refractivity contribution in [2.75, 3.05) is 5.73 Å². The molecule has 0 aliphatic heterocycles. The van der Waals surface area contributed by atoms with Gasteiger partial charge in [0.1, 0.15) is 0 Å². The van der Waals surface area contributed by atoms with E-state index < -0.39 is 0 Å². The van der Waals surface area contributed by atoms with E-state index in [9.17, 15) is 4.79 Å². The zero-order valence-corrected chi connectivity index (χ0v) is 10.7. The van der Waals surface area contributed by atoms with Gasteiger partial charge in [-0.05, 0) is 42.7 Å². The van der Waals surface area contributed by atoms with Crippen LogP contribution in [0.1, 0.15) is 27.0 Å². The lowest BCUT2D eigenvalue weighted by atomic mass is 9.99. The predicted molar refractivity (Wildman–Crippen MR) is 74.8 cm³/mol. The molecule has 2 N–H and O–H groups in total. The summed E-state index contributed by atoms with van der Waals surface area (Å²) >= 11 is 0. The van der Waals surface area contributed by atoms with Gasteiger partial charge in [0.2, 0.25) is 0 Å². The molecular weight excluding hydrogens is 222 g/mol. The second-order valence-electron chi connectivity index (χ2n) is 4.64. The Balaban J connectivity index is 2.18. The number of carbonyl (C=O) groups excluding carboxylic acids is 1. The Labute approximate surface area is 107 Å². The number of hydrogen-bond donors (Lipinski definition) is 1. The van der Waals surface area contributed by atoms with E-state index in [0.717, 1.165) is 5.56 Å². The highest BCUT2D eigenvalue weighted by atomic mass is 16.1. The molecule has 0 saturated carbocycles. The first-order chi connectivity index (χ1) is 8.56. The molecule has 18 heavy (non-hydrogen) atoms. The van der Waals surface area contributed by atoms with E-state index in [-0.39, 0.29) is 5.78 Å². The van der Waals surface area contributed by atoms with Crippen molar-refractivity contribution in [1.82, 2.24) is 0 Å². The summed E-state index contributed by atoms with van der Waals surface area (Å²) in [5.41, 5.74) is 10.5. The maximum atomic E-state index is 12.1. The summed E-state index contributed by atoms with van der Waals surface area (Å²) < 4.78 is 0. The summed E-state index contributed by atoms with van der Waals surface area (Å²) in [6, 6.07) is 13.3. The topological polar surface area (TPSA) is 43.1 Å². The number of aryl methyl sites for hydroxylation is 2. The molecule has 0 spiro atoms. The molecule has 0 fully saturated rings.